The molecule has 0 fully saturated rings. The monoisotopic (exact) mass is 495 g/mol. The highest BCUT2D eigenvalue weighted by molar-refractivity contribution is 9.10. The first-order valence-electron chi connectivity index (χ1n) is 9.76. The molecule has 0 saturated carbocycles. The Kier molecular flexibility index (Phi) is 6.00. The largest absolute Gasteiger partial charge is 0.366 e. The van der Waals surface area contributed by atoms with Crippen molar-refractivity contribution in [1.82, 2.24) is 9.88 Å². The number of carbonyl (C=O) groups excluding carboxylic acids is 2. The number of halogens is 2. The SMILES string of the molecule is CN1CCN=C1c1ccc(C(=O)N(c2ccc(Br)cn2)c2ccc(F)cc2C(N)=O)cc1. The maximum atomic E-state index is 13.8. The molecule has 0 bridgehead atoms. The van der Waals surface area contributed by atoms with E-state index in [0.29, 0.717) is 10.0 Å². The lowest BCUT2D eigenvalue weighted by Gasteiger charge is -2.24. The molecule has 1 aliphatic rings. The third-order valence-electron chi connectivity index (χ3n) is 5.06. The van der Waals surface area contributed by atoms with Crippen molar-refractivity contribution in [2.75, 3.05) is 25.0 Å². The van der Waals surface area contributed by atoms with E-state index in [4.69, 9.17) is 5.73 Å². The van der Waals surface area contributed by atoms with Gasteiger partial charge in [0.05, 0.1) is 17.8 Å². The zero-order chi connectivity index (χ0) is 22.8. The van der Waals surface area contributed by atoms with Gasteiger partial charge in [-0.3, -0.25) is 19.5 Å². The summed E-state index contributed by atoms with van der Waals surface area (Å²) in [4.78, 5) is 37.7. The van der Waals surface area contributed by atoms with Crippen molar-refractivity contribution in [3.05, 3.63) is 87.8 Å². The molecule has 32 heavy (non-hydrogen) atoms. The van der Waals surface area contributed by atoms with Crippen molar-refractivity contribution in [3.8, 4) is 0 Å². The van der Waals surface area contributed by atoms with Crippen LogP contribution in [0.4, 0.5) is 15.9 Å². The maximum Gasteiger partial charge on any atom is 0.264 e. The predicted molar refractivity (Wildman–Crippen MR) is 124 cm³/mol. The number of amides is 2. The zero-order valence-corrected chi connectivity index (χ0v) is 18.7. The fourth-order valence-electron chi connectivity index (χ4n) is 3.47. The van der Waals surface area contributed by atoms with E-state index >= 15 is 0 Å². The number of hydrogen-bond acceptors (Lipinski definition) is 5. The molecule has 7 nitrogen and oxygen atoms in total. The van der Waals surface area contributed by atoms with Crippen LogP contribution in [0.3, 0.4) is 0 Å². The molecule has 1 aliphatic heterocycles. The zero-order valence-electron chi connectivity index (χ0n) is 17.1. The molecule has 0 unspecified atom stereocenters. The highest BCUT2D eigenvalue weighted by Crippen LogP contribution is 2.30. The van der Waals surface area contributed by atoms with Gasteiger partial charge in [-0.05, 0) is 58.4 Å². The van der Waals surface area contributed by atoms with Crippen molar-refractivity contribution in [2.24, 2.45) is 10.7 Å². The van der Waals surface area contributed by atoms with E-state index in [1.165, 1.54) is 17.2 Å². The van der Waals surface area contributed by atoms with Gasteiger partial charge in [0.15, 0.2) is 0 Å². The Hall–Kier alpha value is -3.59. The molecule has 0 atom stereocenters. The summed E-state index contributed by atoms with van der Waals surface area (Å²) in [5.74, 6) is -0.806. The topological polar surface area (TPSA) is 91.9 Å². The molecular weight excluding hydrogens is 477 g/mol. The summed E-state index contributed by atoms with van der Waals surface area (Å²) in [5.41, 5.74) is 6.75. The van der Waals surface area contributed by atoms with Crippen LogP contribution in [-0.4, -0.2) is 47.7 Å². The number of amidine groups is 1. The van der Waals surface area contributed by atoms with E-state index in [9.17, 15) is 14.0 Å². The highest BCUT2D eigenvalue weighted by Gasteiger charge is 2.26. The summed E-state index contributed by atoms with van der Waals surface area (Å²) in [5, 5.41) is 0. The Bertz CT molecular complexity index is 1210. The lowest BCUT2D eigenvalue weighted by molar-refractivity contribution is 0.0998. The van der Waals surface area contributed by atoms with Gasteiger partial charge >= 0.3 is 0 Å². The second-order valence-corrected chi connectivity index (χ2v) is 8.12. The first kappa shape index (κ1) is 21.6. The number of nitrogens with zero attached hydrogens (tertiary/aromatic N) is 4. The number of benzene rings is 2. The first-order valence-corrected chi connectivity index (χ1v) is 10.6. The molecule has 9 heteroatoms. The predicted octanol–water partition coefficient (Wildman–Crippen LogP) is 3.75. The summed E-state index contributed by atoms with van der Waals surface area (Å²) in [6, 6.07) is 13.9. The number of rotatable bonds is 5. The molecule has 3 aromatic rings. The number of hydrogen-bond donors (Lipinski definition) is 1. The standard InChI is InChI=1S/C23H19BrFN5O2/c1-29-11-10-27-22(29)14-2-4-15(5-3-14)23(32)30(20-9-6-16(24)13-28-20)19-8-7-17(25)12-18(19)21(26)31/h2-9,12-13H,10-11H2,1H3,(H2,26,31). The molecule has 2 amide bonds. The van der Waals surface area contributed by atoms with Crippen molar-refractivity contribution < 1.29 is 14.0 Å². The average molecular weight is 496 g/mol. The van der Waals surface area contributed by atoms with Crippen LogP contribution in [0.15, 0.2) is 70.3 Å². The third kappa shape index (κ3) is 4.24. The summed E-state index contributed by atoms with van der Waals surface area (Å²) in [7, 11) is 1.96. The molecule has 2 aromatic carbocycles. The Labute approximate surface area is 192 Å². The number of aliphatic imine (C=N–C) groups is 1. The van der Waals surface area contributed by atoms with Gasteiger partial charge in [0.25, 0.3) is 11.8 Å². The van der Waals surface area contributed by atoms with Gasteiger partial charge in [-0.15, -0.1) is 0 Å². The van der Waals surface area contributed by atoms with Gasteiger partial charge in [-0.2, -0.15) is 0 Å². The minimum Gasteiger partial charge on any atom is -0.366 e. The molecular formula is C23H19BrFN5O2. The van der Waals surface area contributed by atoms with E-state index in [-0.39, 0.29) is 17.1 Å². The molecule has 2 heterocycles. The number of primary amides is 1. The number of pyridine rings is 1. The van der Waals surface area contributed by atoms with Crippen molar-refractivity contribution in [3.63, 3.8) is 0 Å². The van der Waals surface area contributed by atoms with E-state index in [2.05, 4.69) is 25.9 Å². The second-order valence-electron chi connectivity index (χ2n) is 7.21. The quantitative estimate of drug-likeness (QED) is 0.583. The lowest BCUT2D eigenvalue weighted by Crippen LogP contribution is -2.29. The maximum absolute atomic E-state index is 13.8. The number of nitrogens with two attached hydrogens (primary N) is 1. The van der Waals surface area contributed by atoms with Crippen LogP contribution < -0.4 is 10.6 Å². The number of aromatic nitrogens is 1. The molecule has 0 radical (unpaired) electrons. The van der Waals surface area contributed by atoms with Crippen molar-refractivity contribution in [2.45, 2.75) is 0 Å². The van der Waals surface area contributed by atoms with Crippen LogP contribution in [0.25, 0.3) is 0 Å². The van der Waals surface area contributed by atoms with Gasteiger partial charge in [-0.25, -0.2) is 9.37 Å². The van der Waals surface area contributed by atoms with Crippen molar-refractivity contribution in [1.29, 1.82) is 0 Å². The Morgan fingerprint density at radius 1 is 1.12 bits per heavy atom. The fourth-order valence-corrected chi connectivity index (χ4v) is 3.71. The number of likely N-dealkylation sites (N-methyl/N-ethyl adjacent to an activating group) is 1. The van der Waals surface area contributed by atoms with Gasteiger partial charge < -0.3 is 10.6 Å². The third-order valence-corrected chi connectivity index (χ3v) is 5.53. The summed E-state index contributed by atoms with van der Waals surface area (Å²) in [6.07, 6.45) is 1.53. The normalized spacial score (nSPS) is 13.1. The Morgan fingerprint density at radius 2 is 1.88 bits per heavy atom. The summed E-state index contributed by atoms with van der Waals surface area (Å²) >= 11 is 3.32. The van der Waals surface area contributed by atoms with Crippen LogP contribution >= 0.6 is 15.9 Å². The molecule has 162 valence electrons. The molecule has 0 aliphatic carbocycles. The van der Waals surface area contributed by atoms with Gasteiger partial charge in [0.2, 0.25) is 0 Å². The summed E-state index contributed by atoms with van der Waals surface area (Å²) in [6.45, 7) is 1.58. The molecule has 2 N–H and O–H groups in total. The van der Waals surface area contributed by atoms with E-state index in [0.717, 1.165) is 36.6 Å². The lowest BCUT2D eigenvalue weighted by atomic mass is 10.1. The Balaban J connectivity index is 1.78. The average Bonchev–Trinajstić information content (AvgIpc) is 3.22. The van der Waals surface area contributed by atoms with Crippen LogP contribution in [-0.2, 0) is 0 Å². The smallest absolute Gasteiger partial charge is 0.264 e. The van der Waals surface area contributed by atoms with Crippen LogP contribution in [0.2, 0.25) is 0 Å². The minimum absolute atomic E-state index is 0.123. The van der Waals surface area contributed by atoms with Crippen LogP contribution in [0.5, 0.6) is 0 Å². The second kappa shape index (κ2) is 8.88. The molecule has 1 aromatic heterocycles. The molecule has 0 spiro atoms. The van der Waals surface area contributed by atoms with Gasteiger partial charge in [0.1, 0.15) is 17.5 Å². The molecule has 0 saturated heterocycles. The fraction of sp³-hybridized carbons (Fsp3) is 0.130. The van der Waals surface area contributed by atoms with Crippen LogP contribution in [0, 0.1) is 5.82 Å². The van der Waals surface area contributed by atoms with Crippen LogP contribution in [0.1, 0.15) is 26.3 Å². The van der Waals surface area contributed by atoms with Crippen molar-refractivity contribution >= 4 is 45.1 Å². The number of anilines is 2. The number of carbonyl (C=O) groups is 2. The molecule has 4 rings (SSSR count). The first-order chi connectivity index (χ1) is 15.3. The summed E-state index contributed by atoms with van der Waals surface area (Å²) < 4.78 is 14.5. The van der Waals surface area contributed by atoms with Gasteiger partial charge in [0, 0.05) is 35.4 Å². The highest BCUT2D eigenvalue weighted by atomic mass is 79.9. The van der Waals surface area contributed by atoms with E-state index in [1.54, 1.807) is 24.3 Å². The minimum atomic E-state index is -0.855. The Morgan fingerprint density at radius 3 is 2.47 bits per heavy atom. The van der Waals surface area contributed by atoms with Gasteiger partial charge in [-0.1, -0.05) is 12.1 Å². The van der Waals surface area contributed by atoms with E-state index in [1.807, 2.05) is 24.1 Å². The van der Waals surface area contributed by atoms with E-state index < -0.39 is 17.6 Å².